The Bertz CT molecular complexity index is 634. The monoisotopic (exact) mass is 340 g/mol. The molecular formula is C14H11BrF2N2O. The van der Waals surface area contributed by atoms with Crippen molar-refractivity contribution in [1.82, 2.24) is 0 Å². The van der Waals surface area contributed by atoms with Crippen molar-refractivity contribution in [2.45, 2.75) is 0 Å². The molecular weight excluding hydrogens is 330 g/mol. The molecule has 0 aliphatic carbocycles. The number of hydrogen-bond acceptors (Lipinski definition) is 2. The second-order valence-corrected chi connectivity index (χ2v) is 4.92. The standard InChI is InChI=1S/C14H11BrF2N2O/c15-9-5-6-12(11(17)7-9)18-8-14(20)19-13-4-2-1-3-10(13)16/h1-7,18H,8H2,(H,19,20). The summed E-state index contributed by atoms with van der Waals surface area (Å²) in [6, 6.07) is 10.3. The van der Waals surface area contributed by atoms with Crippen LogP contribution in [0.4, 0.5) is 20.2 Å². The summed E-state index contributed by atoms with van der Waals surface area (Å²) in [5, 5.41) is 5.05. The highest BCUT2D eigenvalue weighted by Gasteiger charge is 2.08. The van der Waals surface area contributed by atoms with Gasteiger partial charge in [0, 0.05) is 4.47 Å². The third-order valence-corrected chi connectivity index (χ3v) is 3.01. The van der Waals surface area contributed by atoms with Crippen LogP contribution >= 0.6 is 15.9 Å². The summed E-state index contributed by atoms with van der Waals surface area (Å²) >= 11 is 3.14. The van der Waals surface area contributed by atoms with Crippen LogP contribution in [0, 0.1) is 11.6 Å². The average Bonchev–Trinajstić information content (AvgIpc) is 2.40. The fourth-order valence-corrected chi connectivity index (χ4v) is 1.90. The molecule has 3 nitrogen and oxygen atoms in total. The van der Waals surface area contributed by atoms with Crippen molar-refractivity contribution < 1.29 is 13.6 Å². The lowest BCUT2D eigenvalue weighted by atomic mass is 10.3. The largest absolute Gasteiger partial charge is 0.374 e. The van der Waals surface area contributed by atoms with Gasteiger partial charge in [-0.3, -0.25) is 4.79 Å². The van der Waals surface area contributed by atoms with E-state index < -0.39 is 17.5 Å². The number of amides is 1. The molecule has 1 amide bonds. The Balaban J connectivity index is 1.94. The molecule has 0 aromatic heterocycles. The summed E-state index contributed by atoms with van der Waals surface area (Å²) in [4.78, 5) is 11.6. The quantitative estimate of drug-likeness (QED) is 0.889. The Hall–Kier alpha value is -1.95. The minimum absolute atomic E-state index is 0.0931. The number of carbonyl (C=O) groups excluding carboxylic acids is 1. The molecule has 0 aliphatic rings. The van der Waals surface area contributed by atoms with Crippen LogP contribution in [0.15, 0.2) is 46.9 Å². The summed E-state index contributed by atoms with van der Waals surface area (Å²) in [6.07, 6.45) is 0. The van der Waals surface area contributed by atoms with Gasteiger partial charge >= 0.3 is 0 Å². The second kappa shape index (κ2) is 6.47. The van der Waals surface area contributed by atoms with Crippen LogP contribution in [0.25, 0.3) is 0 Å². The summed E-state index contributed by atoms with van der Waals surface area (Å²) < 4.78 is 27.4. The van der Waals surface area contributed by atoms with Gasteiger partial charge < -0.3 is 10.6 Å². The van der Waals surface area contributed by atoms with E-state index in [4.69, 9.17) is 0 Å². The summed E-state index contributed by atoms with van der Waals surface area (Å²) in [5.41, 5.74) is 0.299. The number of rotatable bonds is 4. The molecule has 2 rings (SSSR count). The minimum Gasteiger partial charge on any atom is -0.374 e. The Morgan fingerprint density at radius 2 is 1.80 bits per heavy atom. The zero-order chi connectivity index (χ0) is 14.5. The average molecular weight is 341 g/mol. The highest BCUT2D eigenvalue weighted by atomic mass is 79.9. The molecule has 0 aliphatic heterocycles. The van der Waals surface area contributed by atoms with Crippen LogP contribution in [-0.4, -0.2) is 12.5 Å². The predicted octanol–water partition coefficient (Wildman–Crippen LogP) is 3.78. The van der Waals surface area contributed by atoms with E-state index in [2.05, 4.69) is 26.6 Å². The Morgan fingerprint density at radius 1 is 1.05 bits per heavy atom. The molecule has 0 bridgehead atoms. The number of halogens is 3. The molecule has 0 unspecified atom stereocenters. The van der Waals surface area contributed by atoms with Gasteiger partial charge in [-0.15, -0.1) is 0 Å². The van der Waals surface area contributed by atoms with E-state index in [-0.39, 0.29) is 17.9 Å². The molecule has 0 saturated heterocycles. The number of anilines is 2. The Kier molecular flexibility index (Phi) is 4.68. The van der Waals surface area contributed by atoms with E-state index in [1.165, 1.54) is 30.3 Å². The van der Waals surface area contributed by atoms with Crippen LogP contribution in [0.3, 0.4) is 0 Å². The zero-order valence-corrected chi connectivity index (χ0v) is 11.9. The minimum atomic E-state index is -0.518. The first-order valence-corrected chi connectivity index (χ1v) is 6.59. The molecule has 20 heavy (non-hydrogen) atoms. The molecule has 0 saturated carbocycles. The van der Waals surface area contributed by atoms with Crippen LogP contribution in [-0.2, 0) is 4.79 Å². The maximum Gasteiger partial charge on any atom is 0.243 e. The highest BCUT2D eigenvalue weighted by molar-refractivity contribution is 9.10. The lowest BCUT2D eigenvalue weighted by molar-refractivity contribution is -0.114. The fraction of sp³-hybridized carbons (Fsp3) is 0.0714. The molecule has 0 radical (unpaired) electrons. The van der Waals surface area contributed by atoms with Crippen molar-refractivity contribution >= 4 is 33.2 Å². The predicted molar refractivity (Wildman–Crippen MR) is 77.6 cm³/mol. The Labute approximate surface area is 123 Å². The SMILES string of the molecule is O=C(CNc1ccc(Br)cc1F)Nc1ccccc1F. The summed E-state index contributed by atoms with van der Waals surface area (Å²) in [5.74, 6) is -1.45. The second-order valence-electron chi connectivity index (χ2n) is 4.01. The van der Waals surface area contributed by atoms with Gasteiger partial charge in [-0.25, -0.2) is 8.78 Å². The van der Waals surface area contributed by atoms with E-state index in [1.807, 2.05) is 0 Å². The molecule has 104 valence electrons. The topological polar surface area (TPSA) is 41.1 Å². The van der Waals surface area contributed by atoms with E-state index in [0.29, 0.717) is 4.47 Å². The van der Waals surface area contributed by atoms with Gasteiger partial charge in [0.1, 0.15) is 11.6 Å². The third-order valence-electron chi connectivity index (χ3n) is 2.52. The van der Waals surface area contributed by atoms with Crippen molar-refractivity contribution in [2.24, 2.45) is 0 Å². The van der Waals surface area contributed by atoms with E-state index in [9.17, 15) is 13.6 Å². The lowest BCUT2D eigenvalue weighted by Crippen LogP contribution is -2.22. The number of benzene rings is 2. The molecule has 2 aromatic carbocycles. The first kappa shape index (κ1) is 14.5. The van der Waals surface area contributed by atoms with Gasteiger partial charge in [0.15, 0.2) is 0 Å². The molecule has 0 atom stereocenters. The Morgan fingerprint density at radius 3 is 2.50 bits per heavy atom. The third kappa shape index (κ3) is 3.77. The van der Waals surface area contributed by atoms with Gasteiger partial charge in [0.05, 0.1) is 17.9 Å². The van der Waals surface area contributed by atoms with Gasteiger partial charge in [-0.2, -0.15) is 0 Å². The van der Waals surface area contributed by atoms with Gasteiger partial charge in [-0.05, 0) is 30.3 Å². The fourth-order valence-electron chi connectivity index (χ4n) is 1.57. The number of nitrogens with one attached hydrogen (secondary N) is 2. The number of carbonyl (C=O) groups is 1. The van der Waals surface area contributed by atoms with Crippen molar-refractivity contribution in [3.8, 4) is 0 Å². The van der Waals surface area contributed by atoms with Crippen LogP contribution in [0.1, 0.15) is 0 Å². The molecule has 0 fully saturated rings. The molecule has 2 N–H and O–H groups in total. The summed E-state index contributed by atoms with van der Waals surface area (Å²) in [6.45, 7) is -0.160. The van der Waals surface area contributed by atoms with Crippen molar-refractivity contribution in [3.63, 3.8) is 0 Å². The number of hydrogen-bond donors (Lipinski definition) is 2. The molecule has 6 heteroatoms. The molecule has 0 heterocycles. The van der Waals surface area contributed by atoms with Gasteiger partial charge in [0.2, 0.25) is 5.91 Å². The summed E-state index contributed by atoms with van der Waals surface area (Å²) in [7, 11) is 0. The van der Waals surface area contributed by atoms with Crippen LogP contribution in [0.2, 0.25) is 0 Å². The first-order chi connectivity index (χ1) is 9.56. The van der Waals surface area contributed by atoms with Crippen molar-refractivity contribution in [3.05, 3.63) is 58.6 Å². The van der Waals surface area contributed by atoms with E-state index in [0.717, 1.165) is 0 Å². The number of para-hydroxylation sites is 1. The van der Waals surface area contributed by atoms with Crippen LogP contribution in [0.5, 0.6) is 0 Å². The van der Waals surface area contributed by atoms with E-state index >= 15 is 0 Å². The maximum atomic E-state index is 13.5. The normalized spacial score (nSPS) is 10.2. The maximum absolute atomic E-state index is 13.5. The lowest BCUT2D eigenvalue weighted by Gasteiger charge is -2.09. The van der Waals surface area contributed by atoms with Gasteiger partial charge in [-0.1, -0.05) is 28.1 Å². The van der Waals surface area contributed by atoms with Gasteiger partial charge in [0.25, 0.3) is 0 Å². The smallest absolute Gasteiger partial charge is 0.243 e. The molecule has 2 aromatic rings. The zero-order valence-electron chi connectivity index (χ0n) is 10.3. The van der Waals surface area contributed by atoms with Crippen molar-refractivity contribution in [2.75, 3.05) is 17.2 Å². The van der Waals surface area contributed by atoms with E-state index in [1.54, 1.807) is 12.1 Å². The van der Waals surface area contributed by atoms with Crippen molar-refractivity contribution in [1.29, 1.82) is 0 Å². The van der Waals surface area contributed by atoms with Crippen LogP contribution < -0.4 is 10.6 Å². The highest BCUT2D eigenvalue weighted by Crippen LogP contribution is 2.19. The molecule has 0 spiro atoms. The first-order valence-electron chi connectivity index (χ1n) is 5.79.